The Kier molecular flexibility index (Phi) is 2.42. The summed E-state index contributed by atoms with van der Waals surface area (Å²) < 4.78 is 0. The Morgan fingerprint density at radius 1 is 1.31 bits per heavy atom. The molecule has 2 aromatic rings. The van der Waals surface area contributed by atoms with Crippen molar-refractivity contribution in [1.29, 1.82) is 0 Å². The smallest absolute Gasteiger partial charge is 0.115 e. The van der Waals surface area contributed by atoms with Gasteiger partial charge in [-0.05, 0) is 41.1 Å². The van der Waals surface area contributed by atoms with E-state index >= 15 is 0 Å². The van der Waals surface area contributed by atoms with Gasteiger partial charge in [0.1, 0.15) is 5.75 Å². The van der Waals surface area contributed by atoms with Crippen LogP contribution in [0.2, 0.25) is 0 Å². The molecular weight excluding hydrogens is 218 g/mol. The summed E-state index contributed by atoms with van der Waals surface area (Å²) in [5.74, 6) is 0.335. The highest BCUT2D eigenvalue weighted by atomic mass is 32.1. The van der Waals surface area contributed by atoms with E-state index < -0.39 is 0 Å². The van der Waals surface area contributed by atoms with Crippen molar-refractivity contribution >= 4 is 11.3 Å². The highest BCUT2D eigenvalue weighted by Crippen LogP contribution is 2.32. The number of thiophene rings is 1. The van der Waals surface area contributed by atoms with Crippen molar-refractivity contribution in [2.75, 3.05) is 6.54 Å². The van der Waals surface area contributed by atoms with E-state index in [2.05, 4.69) is 22.8 Å². The van der Waals surface area contributed by atoms with E-state index in [9.17, 15) is 5.11 Å². The zero-order valence-corrected chi connectivity index (χ0v) is 9.63. The third kappa shape index (κ3) is 1.62. The average Bonchev–Trinajstić information content (AvgIpc) is 2.76. The quantitative estimate of drug-likeness (QED) is 0.791. The lowest BCUT2D eigenvalue weighted by Crippen LogP contribution is -2.29. The maximum Gasteiger partial charge on any atom is 0.115 e. The van der Waals surface area contributed by atoms with Crippen molar-refractivity contribution in [3.63, 3.8) is 0 Å². The van der Waals surface area contributed by atoms with E-state index in [4.69, 9.17) is 0 Å². The van der Waals surface area contributed by atoms with Gasteiger partial charge in [-0.3, -0.25) is 0 Å². The number of aromatic hydroxyl groups is 1. The van der Waals surface area contributed by atoms with Crippen molar-refractivity contribution in [3.05, 3.63) is 51.7 Å². The molecule has 1 atom stereocenters. The molecule has 82 valence electrons. The molecule has 2 N–H and O–H groups in total. The highest BCUT2D eigenvalue weighted by Gasteiger charge is 2.22. The van der Waals surface area contributed by atoms with Crippen LogP contribution in [0.1, 0.15) is 22.0 Å². The lowest BCUT2D eigenvalue weighted by molar-refractivity contribution is 0.472. The molecule has 2 nitrogen and oxygen atoms in total. The second-order valence-electron chi connectivity index (χ2n) is 4.03. The molecule has 1 aliphatic heterocycles. The van der Waals surface area contributed by atoms with Gasteiger partial charge in [0.05, 0.1) is 6.04 Å². The number of hydrogen-bond donors (Lipinski definition) is 2. The average molecular weight is 231 g/mol. The fraction of sp³-hybridized carbons (Fsp3) is 0.231. The molecule has 1 aromatic heterocycles. The summed E-state index contributed by atoms with van der Waals surface area (Å²) in [6.45, 7) is 1.01. The largest absolute Gasteiger partial charge is 0.508 e. The summed E-state index contributed by atoms with van der Waals surface area (Å²) in [4.78, 5) is 1.46. The van der Waals surface area contributed by atoms with E-state index in [1.165, 1.54) is 10.4 Å². The summed E-state index contributed by atoms with van der Waals surface area (Å²) >= 11 is 1.83. The van der Waals surface area contributed by atoms with Gasteiger partial charge in [0.2, 0.25) is 0 Å². The van der Waals surface area contributed by atoms with Crippen LogP contribution in [-0.4, -0.2) is 11.7 Å². The summed E-state index contributed by atoms with van der Waals surface area (Å²) in [6, 6.07) is 9.92. The minimum Gasteiger partial charge on any atom is -0.508 e. The van der Waals surface area contributed by atoms with Crippen LogP contribution in [0.25, 0.3) is 0 Å². The number of nitrogens with one attached hydrogen (secondary N) is 1. The molecule has 1 unspecified atom stereocenters. The first-order valence-electron chi connectivity index (χ1n) is 5.43. The topological polar surface area (TPSA) is 32.3 Å². The molecule has 0 amide bonds. The maximum atomic E-state index is 9.52. The Morgan fingerprint density at radius 2 is 2.25 bits per heavy atom. The normalized spacial score (nSPS) is 19.4. The van der Waals surface area contributed by atoms with Crippen molar-refractivity contribution in [2.24, 2.45) is 0 Å². The lowest BCUT2D eigenvalue weighted by Gasteiger charge is -2.24. The summed E-state index contributed by atoms with van der Waals surface area (Å²) in [6.07, 6.45) is 1.11. The van der Waals surface area contributed by atoms with Crippen LogP contribution in [0, 0.1) is 0 Å². The van der Waals surface area contributed by atoms with Gasteiger partial charge in [-0.2, -0.15) is 0 Å². The molecule has 0 fully saturated rings. The fourth-order valence-electron chi connectivity index (χ4n) is 2.25. The molecule has 0 aliphatic carbocycles. The van der Waals surface area contributed by atoms with Gasteiger partial charge in [-0.15, -0.1) is 11.3 Å². The van der Waals surface area contributed by atoms with Crippen molar-refractivity contribution in [3.8, 4) is 5.75 Å². The third-order valence-electron chi connectivity index (χ3n) is 2.99. The van der Waals surface area contributed by atoms with Crippen LogP contribution in [0.15, 0.2) is 35.7 Å². The number of phenolic OH excluding ortho intramolecular Hbond substituents is 1. The standard InChI is InChI=1S/C13H13NOS/c15-10-3-1-2-9(8-10)13-11-5-7-16-12(11)4-6-14-13/h1-3,5,7-8,13-15H,4,6H2. The molecule has 2 heterocycles. The number of benzene rings is 1. The van der Waals surface area contributed by atoms with Crippen molar-refractivity contribution < 1.29 is 5.11 Å². The molecule has 3 rings (SSSR count). The molecule has 0 radical (unpaired) electrons. The summed E-state index contributed by atoms with van der Waals surface area (Å²) in [5, 5.41) is 15.2. The van der Waals surface area contributed by atoms with Crippen LogP contribution >= 0.6 is 11.3 Å². The lowest BCUT2D eigenvalue weighted by atomic mass is 9.95. The van der Waals surface area contributed by atoms with Gasteiger partial charge >= 0.3 is 0 Å². The number of rotatable bonds is 1. The maximum absolute atomic E-state index is 9.52. The van der Waals surface area contributed by atoms with Gasteiger partial charge < -0.3 is 10.4 Å². The molecule has 1 aliphatic rings. The Balaban J connectivity index is 2.04. The van der Waals surface area contributed by atoms with E-state index in [-0.39, 0.29) is 6.04 Å². The van der Waals surface area contributed by atoms with Gasteiger partial charge in [0, 0.05) is 11.4 Å². The van der Waals surface area contributed by atoms with E-state index in [0.717, 1.165) is 18.5 Å². The van der Waals surface area contributed by atoms with Crippen LogP contribution in [-0.2, 0) is 6.42 Å². The van der Waals surface area contributed by atoms with Crippen molar-refractivity contribution in [2.45, 2.75) is 12.5 Å². The third-order valence-corrected chi connectivity index (χ3v) is 3.99. The molecule has 0 saturated heterocycles. The van der Waals surface area contributed by atoms with E-state index in [1.807, 2.05) is 23.5 Å². The highest BCUT2D eigenvalue weighted by molar-refractivity contribution is 7.10. The number of fused-ring (bicyclic) bond motifs is 1. The van der Waals surface area contributed by atoms with Gasteiger partial charge in [-0.25, -0.2) is 0 Å². The SMILES string of the molecule is Oc1cccc(C2NCCc3sccc32)c1. The van der Waals surface area contributed by atoms with Crippen LogP contribution in [0.3, 0.4) is 0 Å². The van der Waals surface area contributed by atoms with Gasteiger partial charge in [0.15, 0.2) is 0 Å². The first-order chi connectivity index (χ1) is 7.84. The fourth-order valence-corrected chi connectivity index (χ4v) is 3.17. The minimum absolute atomic E-state index is 0.238. The van der Waals surface area contributed by atoms with E-state index in [0.29, 0.717) is 5.75 Å². The molecule has 3 heteroatoms. The second kappa shape index (κ2) is 3.92. The molecule has 0 saturated carbocycles. The summed E-state index contributed by atoms with van der Waals surface area (Å²) in [7, 11) is 0. The Morgan fingerprint density at radius 3 is 3.12 bits per heavy atom. The van der Waals surface area contributed by atoms with Gasteiger partial charge in [-0.1, -0.05) is 12.1 Å². The van der Waals surface area contributed by atoms with Crippen LogP contribution in [0.5, 0.6) is 5.75 Å². The molecule has 0 bridgehead atoms. The Labute approximate surface area is 98.6 Å². The Bertz CT molecular complexity index is 506. The molecule has 0 spiro atoms. The molecular formula is C13H13NOS. The second-order valence-corrected chi connectivity index (χ2v) is 5.03. The summed E-state index contributed by atoms with van der Waals surface area (Å²) in [5.41, 5.74) is 2.50. The first kappa shape index (κ1) is 9.87. The predicted molar refractivity (Wildman–Crippen MR) is 66.0 cm³/mol. The zero-order valence-electron chi connectivity index (χ0n) is 8.81. The predicted octanol–water partition coefficient (Wildman–Crippen LogP) is 2.69. The molecule has 16 heavy (non-hydrogen) atoms. The van der Waals surface area contributed by atoms with Crippen LogP contribution < -0.4 is 5.32 Å². The zero-order chi connectivity index (χ0) is 11.0. The number of phenols is 1. The molecule has 1 aromatic carbocycles. The minimum atomic E-state index is 0.238. The first-order valence-corrected chi connectivity index (χ1v) is 6.31. The van der Waals surface area contributed by atoms with Gasteiger partial charge in [0.25, 0.3) is 0 Å². The number of hydrogen-bond acceptors (Lipinski definition) is 3. The monoisotopic (exact) mass is 231 g/mol. The van der Waals surface area contributed by atoms with E-state index in [1.54, 1.807) is 6.07 Å². The Hall–Kier alpha value is -1.32. The van der Waals surface area contributed by atoms with Crippen LogP contribution in [0.4, 0.5) is 0 Å². The van der Waals surface area contributed by atoms with Crippen molar-refractivity contribution in [1.82, 2.24) is 5.32 Å².